The highest BCUT2D eigenvalue weighted by molar-refractivity contribution is 7.99. The highest BCUT2D eigenvalue weighted by Gasteiger charge is 2.11. The van der Waals surface area contributed by atoms with E-state index in [4.69, 9.17) is 0 Å². The summed E-state index contributed by atoms with van der Waals surface area (Å²) in [6.07, 6.45) is 2.79. The predicted molar refractivity (Wildman–Crippen MR) is 110 cm³/mol. The molecule has 3 rings (SSSR count). The first-order chi connectivity index (χ1) is 12.8. The van der Waals surface area contributed by atoms with E-state index in [1.807, 2.05) is 24.3 Å². The Hall–Kier alpha value is -2.53. The molecule has 0 fully saturated rings. The smallest absolute Gasteiger partial charge is 0.254 e. The summed E-state index contributed by atoms with van der Waals surface area (Å²) in [5, 5.41) is 9.58. The number of anilines is 1. The van der Waals surface area contributed by atoms with Gasteiger partial charge in [0.25, 0.3) is 5.91 Å². The van der Waals surface area contributed by atoms with Crippen molar-refractivity contribution in [1.29, 1.82) is 0 Å². The van der Waals surface area contributed by atoms with Gasteiger partial charge in [0, 0.05) is 30.4 Å². The number of carbonyl (C=O) groups excluding carboxylic acids is 1. The van der Waals surface area contributed by atoms with Gasteiger partial charge < -0.3 is 10.6 Å². The first kappa shape index (κ1) is 18.3. The number of pyridine rings is 1. The molecule has 0 atom stereocenters. The largest absolute Gasteiger partial charge is 0.383 e. The lowest BCUT2D eigenvalue weighted by molar-refractivity contribution is 0.0951. The standard InChI is InChI=1S/C21H23N3OS/c1-2-15-26-21-18(10-6-12-24-21)20(25)23-14-13-22-19-11-5-8-16-7-3-4-9-17(16)19/h3-12,22H,2,13-15H2,1H3,(H,23,25). The number of fused-ring (bicyclic) bond motifs is 1. The number of nitrogens with zero attached hydrogens (tertiary/aromatic N) is 1. The highest BCUT2D eigenvalue weighted by atomic mass is 32.2. The number of nitrogens with one attached hydrogen (secondary N) is 2. The molecular formula is C21H23N3OS. The highest BCUT2D eigenvalue weighted by Crippen LogP contribution is 2.23. The van der Waals surface area contributed by atoms with E-state index in [0.29, 0.717) is 18.7 Å². The number of hydrogen-bond acceptors (Lipinski definition) is 4. The fraction of sp³-hybridized carbons (Fsp3) is 0.238. The number of hydrogen-bond donors (Lipinski definition) is 2. The molecule has 134 valence electrons. The van der Waals surface area contributed by atoms with Gasteiger partial charge in [0.1, 0.15) is 5.03 Å². The quantitative estimate of drug-likeness (QED) is 0.453. The van der Waals surface area contributed by atoms with Crippen LogP contribution in [-0.4, -0.2) is 29.7 Å². The van der Waals surface area contributed by atoms with E-state index < -0.39 is 0 Å². The minimum Gasteiger partial charge on any atom is -0.383 e. The van der Waals surface area contributed by atoms with Crippen molar-refractivity contribution in [2.75, 3.05) is 24.2 Å². The average molecular weight is 366 g/mol. The van der Waals surface area contributed by atoms with Crippen molar-refractivity contribution >= 4 is 34.1 Å². The monoisotopic (exact) mass is 365 g/mol. The lowest BCUT2D eigenvalue weighted by atomic mass is 10.1. The second-order valence-electron chi connectivity index (χ2n) is 5.91. The average Bonchev–Trinajstić information content (AvgIpc) is 2.69. The second kappa shape index (κ2) is 9.25. The lowest BCUT2D eigenvalue weighted by Crippen LogP contribution is -2.29. The van der Waals surface area contributed by atoms with E-state index in [2.05, 4.69) is 46.8 Å². The molecule has 0 radical (unpaired) electrons. The second-order valence-corrected chi connectivity index (χ2v) is 7.00. The maximum Gasteiger partial charge on any atom is 0.254 e. The number of thioether (sulfide) groups is 1. The van der Waals surface area contributed by atoms with Crippen LogP contribution in [0.5, 0.6) is 0 Å². The Kier molecular flexibility index (Phi) is 6.50. The minimum absolute atomic E-state index is 0.0728. The molecule has 1 aromatic heterocycles. The molecule has 0 aliphatic rings. The third kappa shape index (κ3) is 4.55. The van der Waals surface area contributed by atoms with Crippen LogP contribution in [0.4, 0.5) is 5.69 Å². The zero-order valence-electron chi connectivity index (χ0n) is 14.9. The van der Waals surface area contributed by atoms with Crippen molar-refractivity contribution in [3.63, 3.8) is 0 Å². The van der Waals surface area contributed by atoms with Crippen LogP contribution in [-0.2, 0) is 0 Å². The summed E-state index contributed by atoms with van der Waals surface area (Å²) in [7, 11) is 0. The van der Waals surface area contributed by atoms with Gasteiger partial charge in [0.15, 0.2) is 0 Å². The van der Waals surface area contributed by atoms with E-state index in [-0.39, 0.29) is 5.91 Å². The van der Waals surface area contributed by atoms with Crippen molar-refractivity contribution in [1.82, 2.24) is 10.3 Å². The van der Waals surface area contributed by atoms with Gasteiger partial charge in [-0.15, -0.1) is 11.8 Å². The van der Waals surface area contributed by atoms with Gasteiger partial charge in [-0.05, 0) is 35.8 Å². The molecule has 26 heavy (non-hydrogen) atoms. The van der Waals surface area contributed by atoms with Crippen molar-refractivity contribution in [3.8, 4) is 0 Å². The summed E-state index contributed by atoms with van der Waals surface area (Å²) in [5.74, 6) is 0.886. The lowest BCUT2D eigenvalue weighted by Gasteiger charge is -2.11. The molecule has 5 heteroatoms. The fourth-order valence-corrected chi connectivity index (χ4v) is 3.57. The van der Waals surface area contributed by atoms with E-state index >= 15 is 0 Å². The molecule has 2 aromatic carbocycles. The zero-order chi connectivity index (χ0) is 18.2. The Morgan fingerprint density at radius 1 is 1.04 bits per heavy atom. The summed E-state index contributed by atoms with van der Waals surface area (Å²) < 4.78 is 0. The third-order valence-electron chi connectivity index (χ3n) is 3.97. The molecule has 1 amide bonds. The molecule has 1 heterocycles. The predicted octanol–water partition coefficient (Wildman–Crippen LogP) is 4.58. The Labute approximate surface area is 158 Å². The Bertz CT molecular complexity index is 877. The van der Waals surface area contributed by atoms with E-state index in [1.54, 1.807) is 24.0 Å². The summed E-state index contributed by atoms with van der Waals surface area (Å²) >= 11 is 1.63. The van der Waals surface area contributed by atoms with Crippen molar-refractivity contribution in [3.05, 3.63) is 66.4 Å². The van der Waals surface area contributed by atoms with Crippen LogP contribution in [0, 0.1) is 0 Å². The number of benzene rings is 2. The topological polar surface area (TPSA) is 54.0 Å². The molecule has 0 spiro atoms. The van der Waals surface area contributed by atoms with Gasteiger partial charge in [-0.1, -0.05) is 43.3 Å². The van der Waals surface area contributed by atoms with E-state index in [1.165, 1.54) is 10.8 Å². The third-order valence-corrected chi connectivity index (χ3v) is 5.19. The van der Waals surface area contributed by atoms with Crippen LogP contribution in [0.2, 0.25) is 0 Å². The Morgan fingerprint density at radius 2 is 1.88 bits per heavy atom. The number of amides is 1. The van der Waals surface area contributed by atoms with Gasteiger partial charge in [0.05, 0.1) is 5.56 Å². The number of carbonyl (C=O) groups is 1. The molecule has 0 bridgehead atoms. The van der Waals surface area contributed by atoms with E-state index in [0.717, 1.165) is 22.9 Å². The molecule has 0 aliphatic heterocycles. The maximum atomic E-state index is 12.5. The summed E-state index contributed by atoms with van der Waals surface area (Å²) in [6, 6.07) is 18.1. The van der Waals surface area contributed by atoms with Crippen LogP contribution >= 0.6 is 11.8 Å². The Balaban J connectivity index is 1.56. The first-order valence-electron chi connectivity index (χ1n) is 8.87. The van der Waals surface area contributed by atoms with Crippen LogP contribution in [0.1, 0.15) is 23.7 Å². The van der Waals surface area contributed by atoms with Gasteiger partial charge in [-0.3, -0.25) is 4.79 Å². The number of aromatic nitrogens is 1. The maximum absolute atomic E-state index is 12.5. The molecule has 0 saturated carbocycles. The van der Waals surface area contributed by atoms with Gasteiger partial charge >= 0.3 is 0 Å². The van der Waals surface area contributed by atoms with E-state index in [9.17, 15) is 4.79 Å². The molecule has 0 unspecified atom stereocenters. The number of rotatable bonds is 8. The van der Waals surface area contributed by atoms with Crippen molar-refractivity contribution in [2.24, 2.45) is 0 Å². The summed E-state index contributed by atoms with van der Waals surface area (Å²) in [5.41, 5.74) is 1.73. The summed E-state index contributed by atoms with van der Waals surface area (Å²) in [6.45, 7) is 3.33. The van der Waals surface area contributed by atoms with Gasteiger partial charge in [-0.2, -0.15) is 0 Å². The molecule has 3 aromatic rings. The molecule has 0 aliphatic carbocycles. The van der Waals surface area contributed by atoms with Crippen molar-refractivity contribution < 1.29 is 4.79 Å². The molecule has 4 nitrogen and oxygen atoms in total. The minimum atomic E-state index is -0.0728. The SMILES string of the molecule is CCCSc1ncccc1C(=O)NCCNc1cccc2ccccc12. The summed E-state index contributed by atoms with van der Waals surface area (Å²) in [4.78, 5) is 16.8. The van der Waals surface area contributed by atoms with Crippen molar-refractivity contribution in [2.45, 2.75) is 18.4 Å². The van der Waals surface area contributed by atoms with Crippen LogP contribution < -0.4 is 10.6 Å². The molecular weight excluding hydrogens is 342 g/mol. The fourth-order valence-electron chi connectivity index (χ4n) is 2.73. The Morgan fingerprint density at radius 3 is 2.77 bits per heavy atom. The van der Waals surface area contributed by atoms with Gasteiger partial charge in [-0.25, -0.2) is 4.98 Å². The molecule has 2 N–H and O–H groups in total. The first-order valence-corrected chi connectivity index (χ1v) is 9.86. The van der Waals surface area contributed by atoms with Crippen LogP contribution in [0.15, 0.2) is 65.8 Å². The van der Waals surface area contributed by atoms with Crippen LogP contribution in [0.3, 0.4) is 0 Å². The molecule has 0 saturated heterocycles. The normalized spacial score (nSPS) is 10.7. The van der Waals surface area contributed by atoms with Crippen LogP contribution in [0.25, 0.3) is 10.8 Å². The van der Waals surface area contributed by atoms with Gasteiger partial charge in [0.2, 0.25) is 0 Å². The zero-order valence-corrected chi connectivity index (χ0v) is 15.7.